The largest absolute Gasteiger partial charge is 0.493 e. The number of ether oxygens (including phenoxy) is 2. The molecule has 2 aromatic carbocycles. The van der Waals surface area contributed by atoms with Crippen LogP contribution in [0.3, 0.4) is 0 Å². The molecule has 4 amide bonds. The number of fused-ring (bicyclic) bond motifs is 1. The van der Waals surface area contributed by atoms with Crippen molar-refractivity contribution in [3.05, 3.63) is 47.5 Å². The summed E-state index contributed by atoms with van der Waals surface area (Å²) in [6.45, 7) is 3.55. The lowest BCUT2D eigenvalue weighted by molar-refractivity contribution is 0.0609. The first-order valence-electron chi connectivity index (χ1n) is 8.67. The molecule has 1 heterocycles. The molecule has 1 aliphatic heterocycles. The Kier molecular flexibility index (Phi) is 5.21. The van der Waals surface area contributed by atoms with Gasteiger partial charge in [-0.25, -0.2) is 4.79 Å². The quantitative estimate of drug-likeness (QED) is 0.772. The van der Waals surface area contributed by atoms with Crippen molar-refractivity contribution >= 4 is 29.2 Å². The van der Waals surface area contributed by atoms with Crippen molar-refractivity contribution in [3.8, 4) is 11.5 Å². The van der Waals surface area contributed by atoms with Crippen molar-refractivity contribution in [2.75, 3.05) is 24.9 Å². The number of methoxy groups -OCH3 is 2. The maximum absolute atomic E-state index is 12.5. The second kappa shape index (κ2) is 7.59. The van der Waals surface area contributed by atoms with E-state index >= 15 is 0 Å². The molecule has 2 aromatic rings. The standard InChI is InChI=1S/C20H21N3O5/c1-11(2)23-18(24)14-7-5-12(9-15(14)19(23)25)21-20(26)22-13-6-8-16(27-3)17(10-13)28-4/h5-11H,1-4H3,(H2,21,22,26). The molecule has 0 aromatic heterocycles. The molecule has 28 heavy (non-hydrogen) atoms. The smallest absolute Gasteiger partial charge is 0.323 e. The van der Waals surface area contributed by atoms with E-state index in [1.807, 2.05) is 0 Å². The van der Waals surface area contributed by atoms with Crippen LogP contribution in [-0.4, -0.2) is 43.0 Å². The van der Waals surface area contributed by atoms with Crippen molar-refractivity contribution in [2.24, 2.45) is 0 Å². The van der Waals surface area contributed by atoms with Crippen LogP contribution in [0.2, 0.25) is 0 Å². The molecule has 0 unspecified atom stereocenters. The summed E-state index contributed by atoms with van der Waals surface area (Å²) in [5, 5.41) is 5.34. The minimum atomic E-state index is -0.496. The highest BCUT2D eigenvalue weighted by atomic mass is 16.5. The van der Waals surface area contributed by atoms with Crippen LogP contribution < -0.4 is 20.1 Å². The molecule has 1 aliphatic rings. The Labute approximate surface area is 162 Å². The average Bonchev–Trinajstić information content (AvgIpc) is 2.91. The summed E-state index contributed by atoms with van der Waals surface area (Å²) in [5.74, 6) is 0.343. The van der Waals surface area contributed by atoms with Crippen LogP contribution in [0.15, 0.2) is 36.4 Å². The first kappa shape index (κ1) is 19.2. The van der Waals surface area contributed by atoms with E-state index in [-0.39, 0.29) is 23.4 Å². The molecule has 8 heteroatoms. The third kappa shape index (κ3) is 3.48. The van der Waals surface area contributed by atoms with Crippen LogP contribution >= 0.6 is 0 Å². The molecule has 0 atom stereocenters. The van der Waals surface area contributed by atoms with Gasteiger partial charge in [0.1, 0.15) is 0 Å². The van der Waals surface area contributed by atoms with Gasteiger partial charge in [-0.2, -0.15) is 0 Å². The number of hydrogen-bond acceptors (Lipinski definition) is 5. The molecule has 0 saturated carbocycles. The molecule has 3 rings (SSSR count). The number of anilines is 2. The Balaban J connectivity index is 1.74. The van der Waals surface area contributed by atoms with Crippen molar-refractivity contribution in [1.82, 2.24) is 4.90 Å². The number of urea groups is 1. The van der Waals surface area contributed by atoms with Gasteiger partial charge in [0.2, 0.25) is 0 Å². The van der Waals surface area contributed by atoms with Gasteiger partial charge in [0, 0.05) is 23.5 Å². The van der Waals surface area contributed by atoms with Gasteiger partial charge in [-0.05, 0) is 44.2 Å². The zero-order valence-corrected chi connectivity index (χ0v) is 16.0. The van der Waals surface area contributed by atoms with Crippen LogP contribution in [0.5, 0.6) is 11.5 Å². The Morgan fingerprint density at radius 2 is 1.43 bits per heavy atom. The number of hydrogen-bond donors (Lipinski definition) is 2. The highest BCUT2D eigenvalue weighted by Gasteiger charge is 2.37. The molecule has 0 fully saturated rings. The molecular weight excluding hydrogens is 362 g/mol. The van der Waals surface area contributed by atoms with E-state index in [1.54, 1.807) is 44.2 Å². The average molecular weight is 383 g/mol. The summed E-state index contributed by atoms with van der Waals surface area (Å²) >= 11 is 0. The molecule has 0 saturated heterocycles. The number of nitrogens with one attached hydrogen (secondary N) is 2. The van der Waals surface area contributed by atoms with E-state index < -0.39 is 6.03 Å². The van der Waals surface area contributed by atoms with E-state index in [2.05, 4.69) is 10.6 Å². The van der Waals surface area contributed by atoms with Gasteiger partial charge in [0.25, 0.3) is 11.8 Å². The Bertz CT molecular complexity index is 955. The zero-order valence-electron chi connectivity index (χ0n) is 16.0. The van der Waals surface area contributed by atoms with E-state index in [4.69, 9.17) is 9.47 Å². The number of amides is 4. The number of benzene rings is 2. The first-order valence-corrected chi connectivity index (χ1v) is 8.67. The normalized spacial score (nSPS) is 12.8. The highest BCUT2D eigenvalue weighted by molar-refractivity contribution is 6.22. The summed E-state index contributed by atoms with van der Waals surface area (Å²) in [6, 6.07) is 8.88. The maximum Gasteiger partial charge on any atom is 0.323 e. The lowest BCUT2D eigenvalue weighted by atomic mass is 10.1. The third-order valence-corrected chi connectivity index (χ3v) is 4.33. The number of rotatable bonds is 5. The second-order valence-electron chi connectivity index (χ2n) is 6.48. The summed E-state index contributed by atoms with van der Waals surface area (Å²) in [7, 11) is 3.03. The number of nitrogens with zero attached hydrogens (tertiary/aromatic N) is 1. The van der Waals surface area contributed by atoms with E-state index in [0.717, 1.165) is 0 Å². The Morgan fingerprint density at radius 3 is 2.04 bits per heavy atom. The molecule has 0 bridgehead atoms. The Morgan fingerprint density at radius 1 is 0.857 bits per heavy atom. The van der Waals surface area contributed by atoms with Crippen LogP contribution in [0.1, 0.15) is 34.6 Å². The van der Waals surface area contributed by atoms with Crippen molar-refractivity contribution in [3.63, 3.8) is 0 Å². The molecule has 8 nitrogen and oxygen atoms in total. The van der Waals surface area contributed by atoms with Gasteiger partial charge in [-0.1, -0.05) is 0 Å². The predicted octanol–water partition coefficient (Wildman–Crippen LogP) is 3.35. The number of carbonyl (C=O) groups is 3. The van der Waals surface area contributed by atoms with Gasteiger partial charge in [0.15, 0.2) is 11.5 Å². The number of imide groups is 1. The predicted molar refractivity (Wildman–Crippen MR) is 104 cm³/mol. The molecule has 0 radical (unpaired) electrons. The van der Waals surface area contributed by atoms with E-state index in [9.17, 15) is 14.4 Å². The third-order valence-electron chi connectivity index (χ3n) is 4.33. The fraction of sp³-hybridized carbons (Fsp3) is 0.250. The van der Waals surface area contributed by atoms with Crippen molar-refractivity contribution in [1.29, 1.82) is 0 Å². The SMILES string of the molecule is COc1ccc(NC(=O)Nc2ccc3c(c2)C(=O)N(C(C)C)C3=O)cc1OC. The summed E-state index contributed by atoms with van der Waals surface area (Å²) in [5.41, 5.74) is 1.53. The van der Waals surface area contributed by atoms with Gasteiger partial charge >= 0.3 is 6.03 Å². The monoisotopic (exact) mass is 383 g/mol. The number of carbonyl (C=O) groups excluding carboxylic acids is 3. The zero-order chi connectivity index (χ0) is 20.4. The van der Waals surface area contributed by atoms with Crippen molar-refractivity contribution in [2.45, 2.75) is 19.9 Å². The van der Waals surface area contributed by atoms with Gasteiger partial charge in [0.05, 0.1) is 25.3 Å². The minimum Gasteiger partial charge on any atom is -0.493 e. The van der Waals surface area contributed by atoms with Crippen LogP contribution in [0, 0.1) is 0 Å². The summed E-state index contributed by atoms with van der Waals surface area (Å²) in [4.78, 5) is 38.3. The molecular formula is C20H21N3O5. The van der Waals surface area contributed by atoms with Crippen molar-refractivity contribution < 1.29 is 23.9 Å². The fourth-order valence-corrected chi connectivity index (χ4v) is 3.01. The van der Waals surface area contributed by atoms with Gasteiger partial charge in [-0.15, -0.1) is 0 Å². The first-order chi connectivity index (χ1) is 13.3. The summed E-state index contributed by atoms with van der Waals surface area (Å²) in [6.07, 6.45) is 0. The fourth-order valence-electron chi connectivity index (χ4n) is 3.01. The molecule has 2 N–H and O–H groups in total. The van der Waals surface area contributed by atoms with Crippen LogP contribution in [0.4, 0.5) is 16.2 Å². The Hall–Kier alpha value is -3.55. The maximum atomic E-state index is 12.5. The van der Waals surface area contributed by atoms with Crippen LogP contribution in [0.25, 0.3) is 0 Å². The summed E-state index contributed by atoms with van der Waals surface area (Å²) < 4.78 is 10.4. The lowest BCUT2D eigenvalue weighted by Crippen LogP contribution is -2.35. The van der Waals surface area contributed by atoms with E-state index in [1.165, 1.54) is 25.2 Å². The topological polar surface area (TPSA) is 97.0 Å². The van der Waals surface area contributed by atoms with Gasteiger partial charge < -0.3 is 20.1 Å². The molecule has 0 aliphatic carbocycles. The van der Waals surface area contributed by atoms with E-state index in [0.29, 0.717) is 28.4 Å². The van der Waals surface area contributed by atoms with Gasteiger partial charge in [-0.3, -0.25) is 14.5 Å². The molecule has 0 spiro atoms. The highest BCUT2D eigenvalue weighted by Crippen LogP contribution is 2.30. The minimum absolute atomic E-state index is 0.239. The second-order valence-corrected chi connectivity index (χ2v) is 6.48. The lowest BCUT2D eigenvalue weighted by Gasteiger charge is -2.17. The molecule has 146 valence electrons. The van der Waals surface area contributed by atoms with Crippen LogP contribution in [-0.2, 0) is 0 Å².